The maximum absolute atomic E-state index is 11.7. The molecule has 8 heteroatoms. The Hall–Kier alpha value is -2.22. The number of carbonyl (C=O) groups is 4. The molecule has 100 valence electrons. The molecule has 1 aliphatic rings. The Labute approximate surface area is 112 Å². The fourth-order valence-corrected chi connectivity index (χ4v) is 2.22. The normalized spacial score (nSPS) is 15.1. The van der Waals surface area contributed by atoms with Crippen LogP contribution in [0, 0.1) is 0 Å². The Balaban J connectivity index is 1.86. The lowest BCUT2D eigenvalue weighted by molar-refractivity contribution is -0.144. The second-order valence-electron chi connectivity index (χ2n) is 3.88. The lowest BCUT2D eigenvalue weighted by Gasteiger charge is -2.25. The number of hydrogen-bond acceptors (Lipinski definition) is 5. The molecule has 1 aliphatic heterocycles. The zero-order chi connectivity index (χ0) is 13.8. The average Bonchev–Trinajstić information content (AvgIpc) is 2.88. The average molecular weight is 281 g/mol. The fourth-order valence-electron chi connectivity index (χ4n) is 1.58. The number of imide groups is 1. The molecule has 0 saturated carbocycles. The van der Waals surface area contributed by atoms with Crippen LogP contribution in [0.5, 0.6) is 0 Å². The molecule has 0 aromatic carbocycles. The van der Waals surface area contributed by atoms with Gasteiger partial charge in [0.15, 0.2) is 0 Å². The summed E-state index contributed by atoms with van der Waals surface area (Å²) in [5.41, 5.74) is 0. The molecule has 1 aromatic rings. The van der Waals surface area contributed by atoms with Gasteiger partial charge in [-0.1, -0.05) is 6.07 Å². The standard InChI is InChI=1S/C11H11N3O4S/c15-8-5-14(6-9(16)13-8)10(17)4-12-11(18)7-2-1-3-19-7/h1-3H,4-6H2,(H,12,18)(H,13,15,16). The molecule has 1 aromatic heterocycles. The van der Waals surface area contributed by atoms with Gasteiger partial charge in [0.25, 0.3) is 5.91 Å². The first-order valence-electron chi connectivity index (χ1n) is 5.48. The van der Waals surface area contributed by atoms with Gasteiger partial charge in [-0.2, -0.15) is 0 Å². The molecule has 0 spiro atoms. The largest absolute Gasteiger partial charge is 0.342 e. The highest BCUT2D eigenvalue weighted by Gasteiger charge is 2.26. The highest BCUT2D eigenvalue weighted by Crippen LogP contribution is 2.07. The molecule has 0 aliphatic carbocycles. The van der Waals surface area contributed by atoms with Crippen molar-refractivity contribution >= 4 is 35.0 Å². The number of hydrogen-bond donors (Lipinski definition) is 2. The Bertz CT molecular complexity index is 510. The Morgan fingerprint density at radius 2 is 2.00 bits per heavy atom. The van der Waals surface area contributed by atoms with Gasteiger partial charge in [0, 0.05) is 0 Å². The van der Waals surface area contributed by atoms with Crippen LogP contribution < -0.4 is 10.6 Å². The van der Waals surface area contributed by atoms with E-state index in [9.17, 15) is 19.2 Å². The van der Waals surface area contributed by atoms with Crippen LogP contribution in [0.1, 0.15) is 9.67 Å². The molecule has 2 rings (SSSR count). The van der Waals surface area contributed by atoms with Gasteiger partial charge >= 0.3 is 0 Å². The Morgan fingerprint density at radius 1 is 1.32 bits per heavy atom. The summed E-state index contributed by atoms with van der Waals surface area (Å²) in [6, 6.07) is 3.37. The summed E-state index contributed by atoms with van der Waals surface area (Å²) in [7, 11) is 0. The van der Waals surface area contributed by atoms with Gasteiger partial charge in [-0.3, -0.25) is 24.5 Å². The zero-order valence-corrected chi connectivity index (χ0v) is 10.7. The third-order valence-electron chi connectivity index (χ3n) is 2.45. The number of nitrogens with zero attached hydrogens (tertiary/aromatic N) is 1. The number of piperazine rings is 1. The maximum atomic E-state index is 11.7. The van der Waals surface area contributed by atoms with Crippen LogP contribution in [-0.2, 0) is 14.4 Å². The van der Waals surface area contributed by atoms with E-state index in [0.29, 0.717) is 4.88 Å². The van der Waals surface area contributed by atoms with Crippen LogP contribution in [0.4, 0.5) is 0 Å². The summed E-state index contributed by atoms with van der Waals surface area (Å²) in [6.07, 6.45) is 0. The topological polar surface area (TPSA) is 95.6 Å². The van der Waals surface area contributed by atoms with E-state index < -0.39 is 17.7 Å². The quantitative estimate of drug-likeness (QED) is 0.692. The first-order chi connectivity index (χ1) is 9.06. The van der Waals surface area contributed by atoms with Crippen LogP contribution in [-0.4, -0.2) is 48.2 Å². The predicted molar refractivity (Wildman–Crippen MR) is 66.4 cm³/mol. The summed E-state index contributed by atoms with van der Waals surface area (Å²) in [4.78, 5) is 47.2. The van der Waals surface area contributed by atoms with Gasteiger partial charge in [0.05, 0.1) is 11.4 Å². The number of thiophene rings is 1. The first kappa shape index (κ1) is 13.2. The van der Waals surface area contributed by atoms with E-state index >= 15 is 0 Å². The number of carbonyl (C=O) groups excluding carboxylic acids is 4. The number of rotatable bonds is 3. The Morgan fingerprint density at radius 3 is 2.58 bits per heavy atom. The van der Waals surface area contributed by atoms with Gasteiger partial charge < -0.3 is 10.2 Å². The third kappa shape index (κ3) is 3.38. The fraction of sp³-hybridized carbons (Fsp3) is 0.273. The molecule has 2 N–H and O–H groups in total. The molecule has 1 fully saturated rings. The second-order valence-corrected chi connectivity index (χ2v) is 4.83. The van der Waals surface area contributed by atoms with E-state index in [1.165, 1.54) is 11.3 Å². The molecule has 0 bridgehead atoms. The zero-order valence-electron chi connectivity index (χ0n) is 9.84. The minimum absolute atomic E-state index is 0.167. The van der Waals surface area contributed by atoms with Gasteiger partial charge in [-0.05, 0) is 11.4 Å². The molecular formula is C11H11N3O4S. The maximum Gasteiger partial charge on any atom is 0.261 e. The Kier molecular flexibility index (Phi) is 3.91. The molecule has 0 radical (unpaired) electrons. The molecule has 7 nitrogen and oxygen atoms in total. The van der Waals surface area contributed by atoms with Gasteiger partial charge in [-0.25, -0.2) is 0 Å². The van der Waals surface area contributed by atoms with Crippen LogP contribution >= 0.6 is 11.3 Å². The van der Waals surface area contributed by atoms with E-state index in [1.807, 2.05) is 0 Å². The van der Waals surface area contributed by atoms with Crippen molar-refractivity contribution in [3.8, 4) is 0 Å². The van der Waals surface area contributed by atoms with Crippen LogP contribution in [0.3, 0.4) is 0 Å². The lowest BCUT2D eigenvalue weighted by Crippen LogP contribution is -2.55. The number of nitrogens with one attached hydrogen (secondary N) is 2. The van der Waals surface area contributed by atoms with E-state index in [1.54, 1.807) is 17.5 Å². The van der Waals surface area contributed by atoms with E-state index in [0.717, 1.165) is 4.90 Å². The summed E-state index contributed by atoms with van der Waals surface area (Å²) in [5, 5.41) is 6.30. The highest BCUT2D eigenvalue weighted by molar-refractivity contribution is 7.12. The molecule has 19 heavy (non-hydrogen) atoms. The summed E-state index contributed by atoms with van der Waals surface area (Å²) in [5.74, 6) is -1.85. The number of amides is 4. The third-order valence-corrected chi connectivity index (χ3v) is 3.31. The van der Waals surface area contributed by atoms with Crippen molar-refractivity contribution in [1.29, 1.82) is 0 Å². The monoisotopic (exact) mass is 281 g/mol. The van der Waals surface area contributed by atoms with Crippen molar-refractivity contribution in [3.63, 3.8) is 0 Å². The molecular weight excluding hydrogens is 270 g/mol. The minimum Gasteiger partial charge on any atom is -0.342 e. The van der Waals surface area contributed by atoms with E-state index in [2.05, 4.69) is 10.6 Å². The van der Waals surface area contributed by atoms with Crippen LogP contribution in [0.15, 0.2) is 17.5 Å². The van der Waals surface area contributed by atoms with Crippen molar-refractivity contribution in [1.82, 2.24) is 15.5 Å². The lowest BCUT2D eigenvalue weighted by atomic mass is 10.3. The molecule has 1 saturated heterocycles. The van der Waals surface area contributed by atoms with Gasteiger partial charge in [-0.15, -0.1) is 11.3 Å². The van der Waals surface area contributed by atoms with Gasteiger partial charge in [0.2, 0.25) is 17.7 Å². The van der Waals surface area contributed by atoms with Crippen molar-refractivity contribution in [3.05, 3.63) is 22.4 Å². The van der Waals surface area contributed by atoms with Crippen molar-refractivity contribution in [2.24, 2.45) is 0 Å². The minimum atomic E-state index is -0.519. The van der Waals surface area contributed by atoms with E-state index in [4.69, 9.17) is 0 Å². The predicted octanol–water partition coefficient (Wildman–Crippen LogP) is -1.04. The molecule has 0 unspecified atom stereocenters. The van der Waals surface area contributed by atoms with Gasteiger partial charge in [0.1, 0.15) is 13.1 Å². The van der Waals surface area contributed by atoms with Crippen LogP contribution in [0.25, 0.3) is 0 Å². The van der Waals surface area contributed by atoms with Crippen molar-refractivity contribution < 1.29 is 19.2 Å². The highest BCUT2D eigenvalue weighted by atomic mass is 32.1. The SMILES string of the molecule is O=C1CN(C(=O)CNC(=O)c2cccs2)CC(=O)N1. The first-order valence-corrected chi connectivity index (χ1v) is 6.36. The smallest absolute Gasteiger partial charge is 0.261 e. The van der Waals surface area contributed by atoms with E-state index in [-0.39, 0.29) is 25.5 Å². The molecule has 4 amide bonds. The second kappa shape index (κ2) is 5.61. The molecule has 0 atom stereocenters. The summed E-state index contributed by atoms with van der Waals surface area (Å²) >= 11 is 1.26. The summed E-state index contributed by atoms with van der Waals surface area (Å²) < 4.78 is 0. The summed E-state index contributed by atoms with van der Waals surface area (Å²) in [6.45, 7) is -0.573. The van der Waals surface area contributed by atoms with Crippen molar-refractivity contribution in [2.75, 3.05) is 19.6 Å². The molecule has 2 heterocycles. The van der Waals surface area contributed by atoms with Crippen molar-refractivity contribution in [2.45, 2.75) is 0 Å². The van der Waals surface area contributed by atoms with Crippen LogP contribution in [0.2, 0.25) is 0 Å².